The fraction of sp³-hybridized carbons (Fsp3) is 0.217. The van der Waals surface area contributed by atoms with Crippen LogP contribution in [0.5, 0.6) is 11.5 Å². The number of sulfonamides is 1. The molecule has 0 radical (unpaired) electrons. The van der Waals surface area contributed by atoms with Crippen LogP contribution in [0.3, 0.4) is 0 Å². The summed E-state index contributed by atoms with van der Waals surface area (Å²) in [5.74, 6) is 0.912. The summed E-state index contributed by atoms with van der Waals surface area (Å²) in [4.78, 5) is 3.28. The lowest BCUT2D eigenvalue weighted by Crippen LogP contribution is -2.26. The van der Waals surface area contributed by atoms with E-state index in [9.17, 15) is 18.6 Å². The lowest BCUT2D eigenvalue weighted by molar-refractivity contribution is 0.172. The van der Waals surface area contributed by atoms with Gasteiger partial charge in [0.05, 0.1) is 34.1 Å². The molecule has 174 valence electrons. The van der Waals surface area contributed by atoms with Crippen LogP contribution in [-0.4, -0.2) is 49.6 Å². The Morgan fingerprint density at radius 3 is 2.55 bits per heavy atom. The summed E-state index contributed by atoms with van der Waals surface area (Å²) >= 11 is 6.02. The molecule has 0 aliphatic heterocycles. The molecule has 1 atom stereocenters. The average Bonchev–Trinajstić information content (AvgIpc) is 3.10. The van der Waals surface area contributed by atoms with Gasteiger partial charge in [-0.05, 0) is 42.0 Å². The van der Waals surface area contributed by atoms with Crippen LogP contribution in [-0.2, 0) is 10.0 Å². The van der Waals surface area contributed by atoms with Crippen molar-refractivity contribution < 1.29 is 23.4 Å². The second-order valence-corrected chi connectivity index (χ2v) is 9.90. The first kappa shape index (κ1) is 23.2. The molecule has 0 saturated carbocycles. The zero-order valence-electron chi connectivity index (χ0n) is 17.8. The van der Waals surface area contributed by atoms with Crippen molar-refractivity contribution in [1.29, 1.82) is 0 Å². The number of rotatable bonds is 9. The van der Waals surface area contributed by atoms with Crippen molar-refractivity contribution in [2.75, 3.05) is 30.7 Å². The number of hydrogen-bond acceptors (Lipinski definition) is 6. The van der Waals surface area contributed by atoms with Crippen molar-refractivity contribution in [3.05, 3.63) is 65.2 Å². The molecule has 0 aliphatic carbocycles. The van der Waals surface area contributed by atoms with Gasteiger partial charge in [-0.3, -0.25) is 4.72 Å². The molecule has 10 heteroatoms. The molecule has 0 aliphatic rings. The smallest absolute Gasteiger partial charge is 0.229 e. The number of hydrogen-bond donors (Lipinski definition) is 5. The van der Waals surface area contributed by atoms with Gasteiger partial charge < -0.3 is 25.3 Å². The molecule has 0 spiro atoms. The Labute approximate surface area is 196 Å². The Morgan fingerprint density at radius 2 is 1.79 bits per heavy atom. The van der Waals surface area contributed by atoms with E-state index in [1.54, 1.807) is 18.2 Å². The zero-order chi connectivity index (χ0) is 23.6. The van der Waals surface area contributed by atoms with Crippen LogP contribution in [0.4, 0.5) is 5.69 Å². The van der Waals surface area contributed by atoms with Crippen molar-refractivity contribution >= 4 is 49.1 Å². The van der Waals surface area contributed by atoms with E-state index in [2.05, 4.69) is 15.0 Å². The highest BCUT2D eigenvalue weighted by Gasteiger charge is 2.12. The molecular weight excluding hydrogens is 466 g/mol. The summed E-state index contributed by atoms with van der Waals surface area (Å²) in [6, 6.07) is 15.7. The first-order valence-corrected chi connectivity index (χ1v) is 12.5. The van der Waals surface area contributed by atoms with Crippen LogP contribution in [0, 0.1) is 0 Å². The van der Waals surface area contributed by atoms with E-state index in [1.807, 2.05) is 24.3 Å². The number of anilines is 1. The molecule has 4 aromatic rings. The summed E-state index contributed by atoms with van der Waals surface area (Å²) in [5.41, 5.74) is 2.53. The third-order valence-electron chi connectivity index (χ3n) is 5.11. The number of phenolic OH excluding ortho intramolecular Hbond substituents is 1. The normalized spacial score (nSPS) is 12.8. The largest absolute Gasteiger partial charge is 0.508 e. The Morgan fingerprint density at radius 1 is 1.06 bits per heavy atom. The van der Waals surface area contributed by atoms with Gasteiger partial charge >= 0.3 is 0 Å². The number of benzene rings is 3. The Bertz CT molecular complexity index is 1400. The summed E-state index contributed by atoms with van der Waals surface area (Å²) < 4.78 is 31.1. The Hall–Kier alpha value is -2.98. The fourth-order valence-corrected chi connectivity index (χ4v) is 4.38. The first-order chi connectivity index (χ1) is 15.7. The van der Waals surface area contributed by atoms with Gasteiger partial charge in [-0.15, -0.1) is 0 Å². The monoisotopic (exact) mass is 489 g/mol. The van der Waals surface area contributed by atoms with E-state index in [1.165, 1.54) is 12.1 Å². The summed E-state index contributed by atoms with van der Waals surface area (Å²) in [5, 5.41) is 25.5. The van der Waals surface area contributed by atoms with Gasteiger partial charge in [0, 0.05) is 36.0 Å². The van der Waals surface area contributed by atoms with E-state index in [-0.39, 0.29) is 23.0 Å². The maximum absolute atomic E-state index is 11.5. The molecule has 0 amide bonds. The molecule has 1 unspecified atom stereocenters. The van der Waals surface area contributed by atoms with E-state index in [0.717, 1.165) is 28.1 Å². The number of aromatic amines is 1. The number of aromatic nitrogens is 1. The third kappa shape index (κ3) is 5.69. The van der Waals surface area contributed by atoms with E-state index < -0.39 is 16.1 Å². The SMILES string of the molecule is CS(=O)(=O)Nc1cc(C(O)CNCCOc2ccc3c(c2)[nH]c2cc(O)ccc23)ccc1Cl. The standard InChI is InChI=1S/C23H24ClN3O5S/c1-33(30,31)27-22-10-14(2-7-19(22)24)23(29)13-25-8-9-32-16-4-6-18-17-5-3-15(28)11-20(17)26-21(18)12-16/h2-7,10-12,23,25-29H,8-9,13H2,1H3. The van der Waals surface area contributed by atoms with Crippen molar-refractivity contribution in [1.82, 2.24) is 10.3 Å². The lowest BCUT2D eigenvalue weighted by atomic mass is 10.1. The molecule has 33 heavy (non-hydrogen) atoms. The topological polar surface area (TPSA) is 124 Å². The van der Waals surface area contributed by atoms with Gasteiger partial charge in [0.2, 0.25) is 10.0 Å². The molecule has 3 aromatic carbocycles. The second-order valence-electron chi connectivity index (χ2n) is 7.74. The quantitative estimate of drug-likeness (QED) is 0.228. The van der Waals surface area contributed by atoms with Crippen LogP contribution in [0.15, 0.2) is 54.6 Å². The minimum atomic E-state index is -3.48. The fourth-order valence-electron chi connectivity index (χ4n) is 3.59. The van der Waals surface area contributed by atoms with Crippen LogP contribution >= 0.6 is 11.6 Å². The highest BCUT2D eigenvalue weighted by molar-refractivity contribution is 7.92. The van der Waals surface area contributed by atoms with Crippen molar-refractivity contribution in [3.8, 4) is 11.5 Å². The van der Waals surface area contributed by atoms with Gasteiger partial charge in [-0.25, -0.2) is 8.42 Å². The average molecular weight is 490 g/mol. The number of aromatic hydroxyl groups is 1. The van der Waals surface area contributed by atoms with Gasteiger partial charge in [0.15, 0.2) is 0 Å². The second kappa shape index (κ2) is 9.48. The maximum atomic E-state index is 11.5. The molecule has 8 nitrogen and oxygen atoms in total. The van der Waals surface area contributed by atoms with Gasteiger partial charge in [-0.1, -0.05) is 17.7 Å². The highest BCUT2D eigenvalue weighted by atomic mass is 35.5. The van der Waals surface area contributed by atoms with Crippen LogP contribution < -0.4 is 14.8 Å². The van der Waals surface area contributed by atoms with Crippen LogP contribution in [0.1, 0.15) is 11.7 Å². The molecule has 1 heterocycles. The summed E-state index contributed by atoms with van der Waals surface area (Å²) in [6.45, 7) is 1.15. The third-order valence-corrected chi connectivity index (χ3v) is 6.03. The number of nitrogens with one attached hydrogen (secondary N) is 3. The van der Waals surface area contributed by atoms with Gasteiger partial charge in [0.25, 0.3) is 0 Å². The minimum Gasteiger partial charge on any atom is -0.508 e. The summed E-state index contributed by atoms with van der Waals surface area (Å²) in [7, 11) is -3.48. The van der Waals surface area contributed by atoms with Crippen LogP contribution in [0.2, 0.25) is 5.02 Å². The Kier molecular flexibility index (Phi) is 6.66. The lowest BCUT2D eigenvalue weighted by Gasteiger charge is -2.15. The van der Waals surface area contributed by atoms with Gasteiger partial charge in [-0.2, -0.15) is 0 Å². The predicted molar refractivity (Wildman–Crippen MR) is 131 cm³/mol. The number of H-pyrrole nitrogens is 1. The number of halogens is 1. The van der Waals surface area contributed by atoms with Crippen molar-refractivity contribution in [2.45, 2.75) is 6.10 Å². The molecular formula is C23H24ClN3O5S. The highest BCUT2D eigenvalue weighted by Crippen LogP contribution is 2.30. The molecule has 0 bridgehead atoms. The van der Waals surface area contributed by atoms with E-state index >= 15 is 0 Å². The number of aliphatic hydroxyl groups excluding tert-OH is 1. The molecule has 4 rings (SSSR count). The van der Waals surface area contributed by atoms with Crippen molar-refractivity contribution in [2.24, 2.45) is 0 Å². The van der Waals surface area contributed by atoms with Crippen molar-refractivity contribution in [3.63, 3.8) is 0 Å². The summed E-state index contributed by atoms with van der Waals surface area (Å²) in [6.07, 6.45) is 0.191. The minimum absolute atomic E-state index is 0.209. The van der Waals surface area contributed by atoms with Crippen LogP contribution in [0.25, 0.3) is 21.8 Å². The number of fused-ring (bicyclic) bond motifs is 3. The van der Waals surface area contributed by atoms with E-state index in [0.29, 0.717) is 24.5 Å². The zero-order valence-corrected chi connectivity index (χ0v) is 19.4. The number of phenols is 1. The first-order valence-electron chi connectivity index (χ1n) is 10.2. The number of ether oxygens (including phenoxy) is 1. The van der Waals surface area contributed by atoms with E-state index in [4.69, 9.17) is 16.3 Å². The maximum Gasteiger partial charge on any atom is 0.229 e. The van der Waals surface area contributed by atoms with Gasteiger partial charge in [0.1, 0.15) is 18.1 Å². The predicted octanol–water partition coefficient (Wildman–Crippen LogP) is 3.75. The molecule has 0 saturated heterocycles. The molecule has 0 fully saturated rings. The number of aliphatic hydroxyl groups is 1. The molecule has 5 N–H and O–H groups in total. The Balaban J connectivity index is 1.30. The molecule has 1 aromatic heterocycles.